The lowest BCUT2D eigenvalue weighted by molar-refractivity contribution is -0.132. The number of imide groups is 1. The average Bonchev–Trinajstić information content (AvgIpc) is 2.83. The molecule has 0 spiro atoms. The summed E-state index contributed by atoms with van der Waals surface area (Å²) in [6.07, 6.45) is 3.63. The zero-order valence-electron chi connectivity index (χ0n) is 15.6. The summed E-state index contributed by atoms with van der Waals surface area (Å²) in [5.74, 6) is 0.0185. The molecule has 1 aromatic rings. The Bertz CT molecular complexity index is 686. The van der Waals surface area contributed by atoms with Crippen LogP contribution in [-0.4, -0.2) is 46.7 Å². The largest absolute Gasteiger partial charge is 0.489 e. The van der Waals surface area contributed by atoms with Crippen molar-refractivity contribution in [2.24, 2.45) is 0 Å². The van der Waals surface area contributed by atoms with E-state index in [1.807, 2.05) is 0 Å². The van der Waals surface area contributed by atoms with Gasteiger partial charge in [0.2, 0.25) is 0 Å². The van der Waals surface area contributed by atoms with E-state index < -0.39 is 17.7 Å². The molecule has 27 heavy (non-hydrogen) atoms. The van der Waals surface area contributed by atoms with E-state index in [0.29, 0.717) is 22.2 Å². The molecule has 0 saturated carbocycles. The third kappa shape index (κ3) is 5.74. The number of unbranched alkanes of at least 4 members (excludes halogenated alkanes) is 3. The van der Waals surface area contributed by atoms with Crippen LogP contribution in [-0.2, 0) is 4.79 Å². The summed E-state index contributed by atoms with van der Waals surface area (Å²) < 4.78 is 5.47. The fourth-order valence-corrected chi connectivity index (χ4v) is 3.36. The van der Waals surface area contributed by atoms with Gasteiger partial charge < -0.3 is 15.2 Å². The first-order valence-corrected chi connectivity index (χ1v) is 9.92. The Balaban J connectivity index is 1.89. The Morgan fingerprint density at radius 3 is 2.70 bits per heavy atom. The van der Waals surface area contributed by atoms with E-state index >= 15 is 0 Å². The maximum absolute atomic E-state index is 12.7. The minimum atomic E-state index is -1.04. The van der Waals surface area contributed by atoms with E-state index in [-0.39, 0.29) is 19.1 Å². The number of amides is 3. The van der Waals surface area contributed by atoms with Crippen molar-refractivity contribution in [3.8, 4) is 5.75 Å². The molecule has 1 saturated heterocycles. The lowest BCUT2D eigenvalue weighted by atomic mass is 9.94. The fraction of sp³-hybridized carbons (Fsp3) is 0.579. The third-order valence-corrected chi connectivity index (χ3v) is 5.14. The average molecular weight is 417 g/mol. The van der Waals surface area contributed by atoms with Crippen LogP contribution >= 0.6 is 23.2 Å². The number of aliphatic hydroxyl groups is 1. The summed E-state index contributed by atoms with van der Waals surface area (Å²) in [6, 6.07) is 4.27. The molecule has 0 aromatic heterocycles. The van der Waals surface area contributed by atoms with Gasteiger partial charge >= 0.3 is 6.03 Å². The van der Waals surface area contributed by atoms with Crippen molar-refractivity contribution in [2.75, 3.05) is 13.2 Å². The lowest BCUT2D eigenvalue weighted by Crippen LogP contribution is -2.45. The molecular formula is C19H26Cl2N2O4. The number of carbonyl (C=O) groups excluding carboxylic acids is 2. The van der Waals surface area contributed by atoms with Crippen LogP contribution in [0.25, 0.3) is 0 Å². The van der Waals surface area contributed by atoms with Crippen LogP contribution in [0, 0.1) is 0 Å². The smallest absolute Gasteiger partial charge is 0.325 e. The molecule has 1 aliphatic heterocycles. The highest BCUT2D eigenvalue weighted by Gasteiger charge is 2.47. The molecule has 0 bridgehead atoms. The summed E-state index contributed by atoms with van der Waals surface area (Å²) >= 11 is 11.9. The minimum Gasteiger partial charge on any atom is -0.489 e. The first kappa shape index (κ1) is 21.8. The summed E-state index contributed by atoms with van der Waals surface area (Å²) in [6.45, 7) is 3.58. The number of rotatable bonds is 10. The van der Waals surface area contributed by atoms with Gasteiger partial charge in [0.05, 0.1) is 11.6 Å². The topological polar surface area (TPSA) is 78.9 Å². The fourth-order valence-electron chi connectivity index (χ4n) is 3.02. The van der Waals surface area contributed by atoms with Gasteiger partial charge in [0.25, 0.3) is 5.91 Å². The van der Waals surface area contributed by atoms with Gasteiger partial charge in [0, 0.05) is 11.1 Å². The van der Waals surface area contributed by atoms with Crippen LogP contribution < -0.4 is 10.1 Å². The highest BCUT2D eigenvalue weighted by molar-refractivity contribution is 6.34. The molecule has 1 aromatic carbocycles. The SMILES string of the molecule is CCCCCCC1(C)NC(=O)N(CC(O)COc2cc(Cl)ccc2Cl)C1=O. The van der Waals surface area contributed by atoms with Crippen molar-refractivity contribution < 1.29 is 19.4 Å². The van der Waals surface area contributed by atoms with E-state index in [9.17, 15) is 14.7 Å². The number of carbonyl (C=O) groups is 2. The van der Waals surface area contributed by atoms with Crippen LogP contribution in [0.3, 0.4) is 0 Å². The van der Waals surface area contributed by atoms with Crippen molar-refractivity contribution in [2.45, 2.75) is 57.6 Å². The Kier molecular flexibility index (Phi) is 7.77. The number of nitrogens with one attached hydrogen (secondary N) is 1. The van der Waals surface area contributed by atoms with E-state index in [0.717, 1.165) is 30.6 Å². The van der Waals surface area contributed by atoms with Crippen LogP contribution in [0.5, 0.6) is 5.75 Å². The predicted octanol–water partition coefficient (Wildman–Crippen LogP) is 4.01. The second kappa shape index (κ2) is 9.62. The molecule has 2 N–H and O–H groups in total. The number of aliphatic hydroxyl groups excluding tert-OH is 1. The molecule has 0 radical (unpaired) electrons. The Morgan fingerprint density at radius 1 is 1.26 bits per heavy atom. The first-order chi connectivity index (χ1) is 12.8. The molecule has 2 unspecified atom stereocenters. The molecule has 1 fully saturated rings. The molecule has 6 nitrogen and oxygen atoms in total. The van der Waals surface area contributed by atoms with Crippen molar-refractivity contribution in [3.05, 3.63) is 28.2 Å². The summed E-state index contributed by atoms with van der Waals surface area (Å²) in [5, 5.41) is 13.8. The van der Waals surface area contributed by atoms with E-state index in [4.69, 9.17) is 27.9 Å². The minimum absolute atomic E-state index is 0.121. The van der Waals surface area contributed by atoms with Crippen molar-refractivity contribution in [3.63, 3.8) is 0 Å². The Morgan fingerprint density at radius 2 is 2.00 bits per heavy atom. The highest BCUT2D eigenvalue weighted by atomic mass is 35.5. The molecule has 1 heterocycles. The summed E-state index contributed by atoms with van der Waals surface area (Å²) in [7, 11) is 0. The molecule has 150 valence electrons. The Labute approximate surface area is 169 Å². The molecular weight excluding hydrogens is 391 g/mol. The van der Waals surface area contributed by atoms with E-state index in [1.165, 1.54) is 6.07 Å². The van der Waals surface area contributed by atoms with Gasteiger partial charge in [-0.05, 0) is 25.5 Å². The summed E-state index contributed by atoms with van der Waals surface area (Å²) in [4.78, 5) is 25.9. The summed E-state index contributed by atoms with van der Waals surface area (Å²) in [5.41, 5.74) is -0.915. The zero-order chi connectivity index (χ0) is 20.0. The zero-order valence-corrected chi connectivity index (χ0v) is 17.1. The van der Waals surface area contributed by atoms with Gasteiger partial charge in [-0.25, -0.2) is 4.79 Å². The van der Waals surface area contributed by atoms with Crippen molar-refractivity contribution in [1.82, 2.24) is 10.2 Å². The van der Waals surface area contributed by atoms with Gasteiger partial charge in [-0.1, -0.05) is 55.8 Å². The molecule has 0 aliphatic carbocycles. The number of hydrogen-bond acceptors (Lipinski definition) is 4. The lowest BCUT2D eigenvalue weighted by Gasteiger charge is -2.22. The highest BCUT2D eigenvalue weighted by Crippen LogP contribution is 2.28. The molecule has 2 rings (SSSR count). The monoisotopic (exact) mass is 416 g/mol. The predicted molar refractivity (Wildman–Crippen MR) is 105 cm³/mol. The second-order valence-corrected chi connectivity index (χ2v) is 7.87. The van der Waals surface area contributed by atoms with Crippen LogP contribution in [0.2, 0.25) is 10.0 Å². The number of ether oxygens (including phenoxy) is 1. The van der Waals surface area contributed by atoms with Crippen molar-refractivity contribution >= 4 is 35.1 Å². The van der Waals surface area contributed by atoms with Crippen LogP contribution in [0.15, 0.2) is 18.2 Å². The van der Waals surface area contributed by atoms with E-state index in [2.05, 4.69) is 12.2 Å². The van der Waals surface area contributed by atoms with Gasteiger partial charge in [-0.3, -0.25) is 9.69 Å². The number of halogens is 2. The third-order valence-electron chi connectivity index (χ3n) is 4.59. The second-order valence-electron chi connectivity index (χ2n) is 7.03. The quantitative estimate of drug-likeness (QED) is 0.445. The number of urea groups is 1. The molecule has 1 aliphatic rings. The molecule has 2 atom stereocenters. The number of benzene rings is 1. The van der Waals surface area contributed by atoms with Gasteiger partial charge in [-0.2, -0.15) is 0 Å². The first-order valence-electron chi connectivity index (χ1n) is 9.17. The maximum Gasteiger partial charge on any atom is 0.325 e. The normalized spacial score (nSPS) is 20.7. The number of β-amino-alcohol motifs (C(OH)–C–C–N with tert-alkyl or cyclic N) is 1. The number of nitrogens with zero attached hydrogens (tertiary/aromatic N) is 1. The van der Waals surface area contributed by atoms with Crippen molar-refractivity contribution in [1.29, 1.82) is 0 Å². The van der Waals surface area contributed by atoms with Gasteiger partial charge in [0.15, 0.2) is 0 Å². The Hall–Kier alpha value is -1.50. The van der Waals surface area contributed by atoms with Gasteiger partial charge in [-0.15, -0.1) is 0 Å². The van der Waals surface area contributed by atoms with Crippen LogP contribution in [0.4, 0.5) is 4.79 Å². The standard InChI is InChI=1S/C19H26Cl2N2O4/c1-3-4-5-6-9-19(2)17(25)23(18(26)22-19)11-14(24)12-27-16-10-13(20)7-8-15(16)21/h7-8,10,14,24H,3-6,9,11-12H2,1-2H3,(H,22,26). The number of hydrogen-bond donors (Lipinski definition) is 2. The maximum atomic E-state index is 12.7. The van der Waals surface area contributed by atoms with Gasteiger partial charge in [0.1, 0.15) is 24.0 Å². The van der Waals surface area contributed by atoms with E-state index in [1.54, 1.807) is 19.1 Å². The van der Waals surface area contributed by atoms with Crippen LogP contribution in [0.1, 0.15) is 46.0 Å². The molecule has 8 heteroatoms. The molecule has 3 amide bonds.